The maximum atomic E-state index is 11.5. The van der Waals surface area contributed by atoms with Crippen molar-refractivity contribution in [1.82, 2.24) is 9.80 Å². The van der Waals surface area contributed by atoms with Gasteiger partial charge in [-0.05, 0) is 14.0 Å². The highest BCUT2D eigenvalue weighted by Gasteiger charge is 2.22. The third-order valence-electron chi connectivity index (χ3n) is 2.38. The molecular weight excluding hydrogens is 166 g/mol. The number of hydrogen-bond donors (Lipinski definition) is 0. The van der Waals surface area contributed by atoms with E-state index in [1.165, 1.54) is 0 Å². The number of carbonyl (C=O) groups is 1. The molecule has 1 fully saturated rings. The average molecular weight is 181 g/mol. The monoisotopic (exact) mass is 181 g/mol. The Balaban J connectivity index is 2.46. The van der Waals surface area contributed by atoms with Gasteiger partial charge in [0.25, 0.3) is 0 Å². The van der Waals surface area contributed by atoms with E-state index >= 15 is 0 Å². The molecule has 1 rings (SSSR count). The minimum absolute atomic E-state index is 0.0319. The van der Waals surface area contributed by atoms with E-state index in [-0.39, 0.29) is 5.91 Å². The van der Waals surface area contributed by atoms with Crippen LogP contribution in [-0.2, 0) is 4.79 Å². The first-order valence-electron chi connectivity index (χ1n) is 4.52. The van der Waals surface area contributed by atoms with Crippen LogP contribution in [0.3, 0.4) is 0 Å². The van der Waals surface area contributed by atoms with Crippen molar-refractivity contribution in [3.63, 3.8) is 0 Å². The smallest absolute Gasteiger partial charge is 0.239 e. The first-order chi connectivity index (χ1) is 6.15. The second kappa shape index (κ2) is 4.24. The number of nitrogens with zero attached hydrogens (tertiary/aromatic N) is 3. The quantitative estimate of drug-likeness (QED) is 0.568. The lowest BCUT2D eigenvalue weighted by Crippen LogP contribution is -2.48. The Hall–Kier alpha value is -1.08. The Morgan fingerprint density at radius 3 is 2.38 bits per heavy atom. The average Bonchev–Trinajstić information content (AvgIpc) is 2.17. The molecule has 0 saturated carbocycles. The molecule has 1 heterocycles. The lowest BCUT2D eigenvalue weighted by molar-refractivity contribution is -0.134. The predicted octanol–water partition coefficient (Wildman–Crippen LogP) is -0.0799. The first kappa shape index (κ1) is 10.0. The molecule has 1 saturated heterocycles. The predicted molar refractivity (Wildman–Crippen MR) is 48.9 cm³/mol. The van der Waals surface area contributed by atoms with Crippen LogP contribution in [0.2, 0.25) is 0 Å². The Morgan fingerprint density at radius 1 is 1.38 bits per heavy atom. The van der Waals surface area contributed by atoms with Gasteiger partial charge in [0.05, 0.1) is 6.07 Å². The third-order valence-corrected chi connectivity index (χ3v) is 2.38. The zero-order chi connectivity index (χ0) is 9.84. The lowest BCUT2D eigenvalue weighted by Gasteiger charge is -2.32. The van der Waals surface area contributed by atoms with Crippen LogP contribution in [0.1, 0.15) is 6.92 Å². The molecule has 1 aliphatic heterocycles. The summed E-state index contributed by atoms with van der Waals surface area (Å²) in [5, 5.41) is 8.58. The van der Waals surface area contributed by atoms with Gasteiger partial charge in [0.15, 0.2) is 0 Å². The minimum Gasteiger partial charge on any atom is -0.339 e. The zero-order valence-corrected chi connectivity index (χ0v) is 8.16. The molecule has 1 amide bonds. The molecule has 1 unspecified atom stereocenters. The molecule has 0 bridgehead atoms. The second-order valence-corrected chi connectivity index (χ2v) is 3.48. The van der Waals surface area contributed by atoms with Crippen LogP contribution < -0.4 is 0 Å². The number of likely N-dealkylation sites (N-methyl/N-ethyl adjacent to an activating group) is 1. The summed E-state index contributed by atoms with van der Waals surface area (Å²) in [7, 11) is 2.04. The molecule has 1 atom stereocenters. The van der Waals surface area contributed by atoms with Gasteiger partial charge in [0, 0.05) is 26.2 Å². The van der Waals surface area contributed by atoms with Crippen LogP contribution in [0.5, 0.6) is 0 Å². The number of amides is 1. The fourth-order valence-electron chi connectivity index (χ4n) is 1.36. The van der Waals surface area contributed by atoms with E-state index in [0.717, 1.165) is 26.2 Å². The number of piperazine rings is 1. The Morgan fingerprint density at radius 2 is 1.92 bits per heavy atom. The highest BCUT2D eigenvalue weighted by Crippen LogP contribution is 2.05. The third kappa shape index (κ3) is 2.43. The molecule has 0 aromatic carbocycles. The normalized spacial score (nSPS) is 20.8. The van der Waals surface area contributed by atoms with E-state index in [1.54, 1.807) is 11.8 Å². The van der Waals surface area contributed by atoms with Crippen LogP contribution >= 0.6 is 0 Å². The SMILES string of the molecule is CC(C#N)C(=O)N1CCN(C)CC1. The van der Waals surface area contributed by atoms with Crippen LogP contribution in [0, 0.1) is 17.2 Å². The summed E-state index contributed by atoms with van der Waals surface area (Å²) in [6.45, 7) is 4.97. The van der Waals surface area contributed by atoms with Gasteiger partial charge in [-0.3, -0.25) is 4.79 Å². The largest absolute Gasteiger partial charge is 0.339 e. The standard InChI is InChI=1S/C9H15N3O/c1-8(7-10)9(13)12-5-3-11(2)4-6-12/h8H,3-6H2,1-2H3. The molecule has 4 heteroatoms. The van der Waals surface area contributed by atoms with Crippen molar-refractivity contribution in [3.8, 4) is 6.07 Å². The summed E-state index contributed by atoms with van der Waals surface area (Å²) >= 11 is 0. The topological polar surface area (TPSA) is 47.3 Å². The van der Waals surface area contributed by atoms with Crippen molar-refractivity contribution in [2.75, 3.05) is 33.2 Å². The van der Waals surface area contributed by atoms with Gasteiger partial charge in [-0.15, -0.1) is 0 Å². The number of carbonyl (C=O) groups excluding carboxylic acids is 1. The van der Waals surface area contributed by atoms with Crippen molar-refractivity contribution in [1.29, 1.82) is 5.26 Å². The van der Waals surface area contributed by atoms with E-state index in [1.807, 2.05) is 13.1 Å². The van der Waals surface area contributed by atoms with Gasteiger partial charge in [0.2, 0.25) is 5.91 Å². The van der Waals surface area contributed by atoms with Crippen molar-refractivity contribution in [2.24, 2.45) is 5.92 Å². The van der Waals surface area contributed by atoms with E-state index in [9.17, 15) is 4.79 Å². The fourth-order valence-corrected chi connectivity index (χ4v) is 1.36. The molecule has 4 nitrogen and oxygen atoms in total. The maximum absolute atomic E-state index is 11.5. The van der Waals surface area contributed by atoms with Crippen LogP contribution in [0.25, 0.3) is 0 Å². The van der Waals surface area contributed by atoms with E-state index in [2.05, 4.69) is 4.90 Å². The highest BCUT2D eigenvalue weighted by atomic mass is 16.2. The summed E-state index contributed by atoms with van der Waals surface area (Å²) in [6.07, 6.45) is 0. The van der Waals surface area contributed by atoms with Gasteiger partial charge in [0.1, 0.15) is 5.92 Å². The van der Waals surface area contributed by atoms with Crippen molar-refractivity contribution < 1.29 is 4.79 Å². The maximum Gasteiger partial charge on any atom is 0.239 e. The molecule has 72 valence electrons. The summed E-state index contributed by atoms with van der Waals surface area (Å²) in [6, 6.07) is 1.97. The fraction of sp³-hybridized carbons (Fsp3) is 0.778. The van der Waals surface area contributed by atoms with Gasteiger partial charge in [-0.1, -0.05) is 0 Å². The molecule has 13 heavy (non-hydrogen) atoms. The number of nitriles is 1. The molecule has 0 N–H and O–H groups in total. The summed E-state index contributed by atoms with van der Waals surface area (Å²) in [5.41, 5.74) is 0. The van der Waals surface area contributed by atoms with E-state index in [4.69, 9.17) is 5.26 Å². The molecule has 0 aliphatic carbocycles. The second-order valence-electron chi connectivity index (χ2n) is 3.48. The molecule has 0 spiro atoms. The molecule has 0 aromatic rings. The summed E-state index contributed by atoms with van der Waals surface area (Å²) in [4.78, 5) is 15.5. The van der Waals surface area contributed by atoms with Crippen molar-refractivity contribution in [2.45, 2.75) is 6.92 Å². The van der Waals surface area contributed by atoms with Crippen molar-refractivity contribution in [3.05, 3.63) is 0 Å². The Labute approximate surface area is 78.7 Å². The highest BCUT2D eigenvalue weighted by molar-refractivity contribution is 5.80. The molecular formula is C9H15N3O. The van der Waals surface area contributed by atoms with Crippen LogP contribution in [0.15, 0.2) is 0 Å². The molecule has 0 radical (unpaired) electrons. The number of hydrogen-bond acceptors (Lipinski definition) is 3. The van der Waals surface area contributed by atoms with Crippen LogP contribution in [0.4, 0.5) is 0 Å². The van der Waals surface area contributed by atoms with E-state index in [0.29, 0.717) is 0 Å². The van der Waals surface area contributed by atoms with Crippen LogP contribution in [-0.4, -0.2) is 48.9 Å². The summed E-state index contributed by atoms with van der Waals surface area (Å²) < 4.78 is 0. The Bertz CT molecular complexity index is 226. The summed E-state index contributed by atoms with van der Waals surface area (Å²) in [5.74, 6) is -0.529. The van der Waals surface area contributed by atoms with Gasteiger partial charge < -0.3 is 9.80 Å². The Kier molecular flexibility index (Phi) is 3.26. The molecule has 1 aliphatic rings. The van der Waals surface area contributed by atoms with Gasteiger partial charge >= 0.3 is 0 Å². The first-order valence-corrected chi connectivity index (χ1v) is 4.52. The molecule has 0 aromatic heterocycles. The number of rotatable bonds is 1. The van der Waals surface area contributed by atoms with Gasteiger partial charge in [-0.25, -0.2) is 0 Å². The minimum atomic E-state index is -0.497. The van der Waals surface area contributed by atoms with Gasteiger partial charge in [-0.2, -0.15) is 5.26 Å². The lowest BCUT2D eigenvalue weighted by atomic mass is 10.1. The van der Waals surface area contributed by atoms with E-state index < -0.39 is 5.92 Å². The zero-order valence-electron chi connectivity index (χ0n) is 8.16. The van der Waals surface area contributed by atoms with Crippen molar-refractivity contribution >= 4 is 5.91 Å².